The van der Waals surface area contributed by atoms with Crippen molar-refractivity contribution in [2.45, 2.75) is 44.6 Å². The van der Waals surface area contributed by atoms with Gasteiger partial charge in [0.15, 0.2) is 0 Å². The molecule has 0 saturated heterocycles. The van der Waals surface area contributed by atoms with Gasteiger partial charge in [-0.15, -0.1) is 0 Å². The number of halogens is 4. The molecule has 1 heterocycles. The lowest BCUT2D eigenvalue weighted by Gasteiger charge is -2.16. The van der Waals surface area contributed by atoms with Crippen LogP contribution in [0.2, 0.25) is 0 Å². The Morgan fingerprint density at radius 3 is 2.62 bits per heavy atom. The van der Waals surface area contributed by atoms with Gasteiger partial charge in [-0.3, -0.25) is 9.48 Å². The molecule has 0 bridgehead atoms. The van der Waals surface area contributed by atoms with Crippen LogP contribution < -0.4 is 5.32 Å². The fourth-order valence-corrected chi connectivity index (χ4v) is 2.99. The van der Waals surface area contributed by atoms with E-state index in [0.717, 1.165) is 10.2 Å². The van der Waals surface area contributed by atoms with Crippen molar-refractivity contribution in [1.82, 2.24) is 15.1 Å². The number of alkyl halides is 3. The summed E-state index contributed by atoms with van der Waals surface area (Å²) in [4.78, 5) is 11.1. The van der Waals surface area contributed by atoms with Gasteiger partial charge in [0.2, 0.25) is 0 Å². The smallest absolute Gasteiger partial charge is 0.408 e. The Labute approximate surface area is 157 Å². The van der Waals surface area contributed by atoms with E-state index in [4.69, 9.17) is 5.11 Å². The van der Waals surface area contributed by atoms with Gasteiger partial charge in [0.05, 0.1) is 16.6 Å². The van der Waals surface area contributed by atoms with Crippen molar-refractivity contribution in [2.75, 3.05) is 0 Å². The monoisotopic (exact) mass is 433 g/mol. The topological polar surface area (TPSA) is 67.2 Å². The molecule has 0 aliphatic carbocycles. The van der Waals surface area contributed by atoms with Crippen LogP contribution in [0.15, 0.2) is 41.0 Å². The highest BCUT2D eigenvalue weighted by Crippen LogP contribution is 2.21. The third-order valence-corrected chi connectivity index (χ3v) is 4.39. The summed E-state index contributed by atoms with van der Waals surface area (Å²) in [5.41, 5.74) is 1.50. The fraction of sp³-hybridized carbons (Fsp3) is 0.412. The number of rotatable bonds is 9. The second-order valence-electron chi connectivity index (χ2n) is 5.94. The summed E-state index contributed by atoms with van der Waals surface area (Å²) in [6.45, 7) is -0.990. The molecule has 2 rings (SSSR count). The van der Waals surface area contributed by atoms with Crippen LogP contribution in [-0.2, 0) is 24.3 Å². The molecule has 0 spiro atoms. The molecule has 1 aromatic carbocycles. The van der Waals surface area contributed by atoms with Gasteiger partial charge in [-0.25, -0.2) is 0 Å². The predicted molar refractivity (Wildman–Crippen MR) is 93.6 cm³/mol. The second-order valence-corrected chi connectivity index (χ2v) is 6.79. The summed E-state index contributed by atoms with van der Waals surface area (Å²) in [5.74, 6) is -0.933. The normalized spacial score (nSPS) is 12.9. The molecule has 2 aromatic rings. The van der Waals surface area contributed by atoms with Crippen molar-refractivity contribution in [3.63, 3.8) is 0 Å². The Bertz CT molecular complexity index is 720. The first-order valence-electron chi connectivity index (χ1n) is 8.00. The number of aryl methyl sites for hydroxylation is 1. The van der Waals surface area contributed by atoms with Crippen molar-refractivity contribution in [2.24, 2.45) is 0 Å². The molecule has 0 radical (unpaired) electrons. The van der Waals surface area contributed by atoms with Crippen molar-refractivity contribution in [3.8, 4) is 0 Å². The van der Waals surface area contributed by atoms with Gasteiger partial charge in [-0.2, -0.15) is 18.3 Å². The van der Waals surface area contributed by atoms with Gasteiger partial charge in [-0.1, -0.05) is 30.3 Å². The Balaban J connectivity index is 1.95. The van der Waals surface area contributed by atoms with Crippen LogP contribution in [0, 0.1) is 0 Å². The van der Waals surface area contributed by atoms with Crippen molar-refractivity contribution >= 4 is 21.9 Å². The predicted octanol–water partition coefficient (Wildman–Crippen LogP) is 3.77. The highest BCUT2D eigenvalue weighted by Gasteiger charge is 2.29. The van der Waals surface area contributed by atoms with Crippen molar-refractivity contribution in [3.05, 3.63) is 52.3 Å². The van der Waals surface area contributed by atoms with Gasteiger partial charge in [-0.05, 0) is 34.3 Å². The minimum absolute atomic E-state index is 0.0757. The number of carboxylic acid groups (broad SMARTS) is 1. The molecule has 1 atom stereocenters. The molecule has 5 nitrogen and oxygen atoms in total. The molecule has 0 aliphatic rings. The first-order valence-corrected chi connectivity index (χ1v) is 8.80. The molecule has 9 heteroatoms. The number of hydrogen-bond donors (Lipinski definition) is 2. The summed E-state index contributed by atoms with van der Waals surface area (Å²) in [6, 6.07) is 9.36. The third-order valence-electron chi connectivity index (χ3n) is 3.73. The number of hydrogen-bond acceptors (Lipinski definition) is 3. The van der Waals surface area contributed by atoms with E-state index in [1.165, 1.54) is 6.20 Å². The molecule has 0 unspecified atom stereocenters. The minimum atomic E-state index is -4.35. The maximum atomic E-state index is 12.4. The van der Waals surface area contributed by atoms with E-state index >= 15 is 0 Å². The minimum Gasteiger partial charge on any atom is -0.481 e. The van der Waals surface area contributed by atoms with Crippen molar-refractivity contribution < 1.29 is 23.1 Å². The maximum Gasteiger partial charge on any atom is 0.408 e. The van der Waals surface area contributed by atoms with E-state index in [1.807, 2.05) is 30.3 Å². The van der Waals surface area contributed by atoms with Crippen LogP contribution in [0.4, 0.5) is 13.2 Å². The first kappa shape index (κ1) is 20.4. The Morgan fingerprint density at radius 1 is 1.31 bits per heavy atom. The number of aliphatic carboxylic acids is 1. The van der Waals surface area contributed by atoms with Gasteiger partial charge in [0, 0.05) is 18.8 Å². The average molecular weight is 434 g/mol. The molecule has 2 N–H and O–H groups in total. The number of aromatic nitrogens is 2. The van der Waals surface area contributed by atoms with E-state index in [2.05, 4.69) is 26.3 Å². The second kappa shape index (κ2) is 9.18. The van der Waals surface area contributed by atoms with Crippen LogP contribution in [0.5, 0.6) is 0 Å². The SMILES string of the molecule is O=C(O)C[C@H](CCc1ccccc1)NCc1nn(CC(F)(F)F)cc1Br. The number of carboxylic acids is 1. The lowest BCUT2D eigenvalue weighted by molar-refractivity contribution is -0.142. The summed E-state index contributed by atoms with van der Waals surface area (Å²) >= 11 is 3.19. The fourth-order valence-electron chi connectivity index (χ4n) is 2.54. The lowest BCUT2D eigenvalue weighted by atomic mass is 10.0. The van der Waals surface area contributed by atoms with E-state index < -0.39 is 18.7 Å². The summed E-state index contributed by atoms with van der Waals surface area (Å²) in [7, 11) is 0. The first-order chi connectivity index (χ1) is 12.2. The molecule has 0 saturated carbocycles. The number of nitrogens with zero attached hydrogens (tertiary/aromatic N) is 2. The zero-order valence-electron chi connectivity index (χ0n) is 13.8. The van der Waals surface area contributed by atoms with Gasteiger partial charge in [0.1, 0.15) is 6.54 Å². The third kappa shape index (κ3) is 7.17. The average Bonchev–Trinajstić information content (AvgIpc) is 2.88. The van der Waals surface area contributed by atoms with Crippen LogP contribution in [0.25, 0.3) is 0 Å². The zero-order valence-corrected chi connectivity index (χ0v) is 15.4. The van der Waals surface area contributed by atoms with Gasteiger partial charge >= 0.3 is 12.1 Å². The number of benzene rings is 1. The summed E-state index contributed by atoms with van der Waals surface area (Å²) < 4.78 is 38.6. The number of nitrogens with one attached hydrogen (secondary N) is 1. The Morgan fingerprint density at radius 2 is 2.00 bits per heavy atom. The maximum absolute atomic E-state index is 12.4. The van der Waals surface area contributed by atoms with E-state index in [-0.39, 0.29) is 19.0 Å². The number of carbonyl (C=O) groups is 1. The van der Waals surface area contributed by atoms with Crippen molar-refractivity contribution in [1.29, 1.82) is 0 Å². The largest absolute Gasteiger partial charge is 0.481 e. The zero-order chi connectivity index (χ0) is 19.2. The van der Waals surface area contributed by atoms with E-state index in [9.17, 15) is 18.0 Å². The Kier molecular flexibility index (Phi) is 7.22. The standard InChI is InChI=1S/C17H19BrF3N3O2/c18-14-10-24(11-17(19,20)21)23-15(14)9-22-13(8-16(25)26)7-6-12-4-2-1-3-5-12/h1-5,10,13,22H,6-9,11H2,(H,25,26)/t13-/m0/s1. The van der Waals surface area contributed by atoms with Crippen LogP contribution >= 0.6 is 15.9 Å². The van der Waals surface area contributed by atoms with Crippen LogP contribution in [0.1, 0.15) is 24.1 Å². The quantitative estimate of drug-likeness (QED) is 0.631. The van der Waals surface area contributed by atoms with Gasteiger partial charge < -0.3 is 10.4 Å². The molecular weight excluding hydrogens is 415 g/mol. The molecular formula is C17H19BrF3N3O2. The van der Waals surface area contributed by atoms with E-state index in [1.54, 1.807) is 0 Å². The lowest BCUT2D eigenvalue weighted by Crippen LogP contribution is -2.32. The van der Waals surface area contributed by atoms with Crippen LogP contribution in [0.3, 0.4) is 0 Å². The molecule has 26 heavy (non-hydrogen) atoms. The highest BCUT2D eigenvalue weighted by atomic mass is 79.9. The molecule has 1 aromatic heterocycles. The van der Waals surface area contributed by atoms with E-state index in [0.29, 0.717) is 23.0 Å². The van der Waals surface area contributed by atoms with Gasteiger partial charge in [0.25, 0.3) is 0 Å². The molecule has 0 amide bonds. The van der Waals surface area contributed by atoms with Crippen LogP contribution in [-0.4, -0.2) is 33.1 Å². The highest BCUT2D eigenvalue weighted by molar-refractivity contribution is 9.10. The molecule has 142 valence electrons. The summed E-state index contributed by atoms with van der Waals surface area (Å²) in [5, 5.41) is 16.1. The Hall–Kier alpha value is -1.87. The summed E-state index contributed by atoms with van der Waals surface area (Å²) in [6.07, 6.45) is -1.86. The molecule has 0 fully saturated rings. The molecule has 0 aliphatic heterocycles.